The fourth-order valence-electron chi connectivity index (χ4n) is 0.418. The van der Waals surface area contributed by atoms with E-state index in [1.54, 1.807) is 0 Å². The van der Waals surface area contributed by atoms with Crippen molar-refractivity contribution in [3.8, 4) is 0 Å². The van der Waals surface area contributed by atoms with E-state index < -0.39 is 0 Å². The van der Waals surface area contributed by atoms with Gasteiger partial charge in [0.05, 0.1) is 0 Å². The zero-order valence-electron chi connectivity index (χ0n) is 4.44. The van der Waals surface area contributed by atoms with Crippen LogP contribution in [0.5, 0.6) is 0 Å². The molecule has 0 spiro atoms. The van der Waals surface area contributed by atoms with E-state index in [0.717, 1.165) is 12.7 Å². The van der Waals surface area contributed by atoms with Crippen LogP contribution >= 0.6 is 0 Å². The molecule has 1 N–H and O–H groups in total. The maximum absolute atomic E-state index is 8.55. The number of hydrogen-bond acceptors (Lipinski definition) is 1. The van der Waals surface area contributed by atoms with Gasteiger partial charge in [0, 0.05) is 0 Å². The van der Waals surface area contributed by atoms with Crippen LogP contribution in [0.25, 0.3) is 0 Å². The lowest BCUT2D eigenvalue weighted by atomic mass is 9.67. The summed E-state index contributed by atoms with van der Waals surface area (Å²) in [6, 6.07) is 0. The van der Waals surface area contributed by atoms with Crippen molar-refractivity contribution in [1.29, 1.82) is 0 Å². The Labute approximate surface area is 39.5 Å². The van der Waals surface area contributed by atoms with E-state index in [4.69, 9.17) is 5.02 Å². The minimum absolute atomic E-state index is 0.102. The Morgan fingerprint density at radius 2 is 2.17 bits per heavy atom. The van der Waals surface area contributed by atoms with Crippen molar-refractivity contribution < 1.29 is 5.02 Å². The molecule has 0 amide bonds. The lowest BCUT2D eigenvalue weighted by Gasteiger charge is -1.89. The molecular formula is C4H11BO. The first kappa shape index (κ1) is 6.02. The fraction of sp³-hybridized carbons (Fsp3) is 1.00. The molecule has 6 heavy (non-hydrogen) atoms. The summed E-state index contributed by atoms with van der Waals surface area (Å²) in [6.07, 6.45) is 2.01. The maximum Gasteiger partial charge on any atom is 0.285 e. The molecule has 0 rings (SSSR count). The summed E-state index contributed by atoms with van der Waals surface area (Å²) in [4.78, 5) is 0. The first-order valence-electron chi connectivity index (χ1n) is 2.45. The van der Waals surface area contributed by atoms with Gasteiger partial charge in [-0.3, -0.25) is 0 Å². The van der Waals surface area contributed by atoms with Crippen LogP contribution in [0.4, 0.5) is 0 Å². The molecular weight excluding hydrogens is 74.9 g/mol. The molecule has 1 nitrogen and oxygen atoms in total. The second kappa shape index (κ2) is 3.22. The molecule has 0 heterocycles. The molecule has 0 bridgehead atoms. The highest BCUT2D eigenvalue weighted by Gasteiger charge is 1.95. The molecule has 0 saturated carbocycles. The third kappa shape index (κ3) is 4.02. The Kier molecular flexibility index (Phi) is 3.24. The molecule has 0 aliphatic rings. The van der Waals surface area contributed by atoms with Gasteiger partial charge in [-0.05, 0) is 6.32 Å². The van der Waals surface area contributed by atoms with Crippen LogP contribution in [0.1, 0.15) is 13.3 Å². The van der Waals surface area contributed by atoms with E-state index in [0.29, 0.717) is 0 Å². The van der Waals surface area contributed by atoms with E-state index in [1.807, 2.05) is 6.82 Å². The Bertz CT molecular complexity index is 28.7. The minimum Gasteiger partial charge on any atom is -0.451 e. The van der Waals surface area contributed by atoms with E-state index in [9.17, 15) is 0 Å². The summed E-state index contributed by atoms with van der Waals surface area (Å²) >= 11 is 0. The highest BCUT2D eigenvalue weighted by atomic mass is 16.2. The van der Waals surface area contributed by atoms with Crippen LogP contribution in [0, 0.1) is 0 Å². The molecule has 0 aliphatic heterocycles. The molecule has 0 aromatic carbocycles. The SMILES string of the molecule is CCCB(C)O. The molecule has 0 unspecified atom stereocenters. The molecule has 0 aromatic rings. The van der Waals surface area contributed by atoms with Gasteiger partial charge in [-0.15, -0.1) is 0 Å². The largest absolute Gasteiger partial charge is 0.451 e. The van der Waals surface area contributed by atoms with Gasteiger partial charge in [0.2, 0.25) is 0 Å². The quantitative estimate of drug-likeness (QED) is 0.497. The van der Waals surface area contributed by atoms with E-state index in [-0.39, 0.29) is 6.92 Å². The van der Waals surface area contributed by atoms with Crippen LogP contribution in [-0.2, 0) is 0 Å². The topological polar surface area (TPSA) is 20.2 Å². The van der Waals surface area contributed by atoms with Gasteiger partial charge in [-0.2, -0.15) is 0 Å². The van der Waals surface area contributed by atoms with E-state index >= 15 is 0 Å². The van der Waals surface area contributed by atoms with Crippen LogP contribution in [0.2, 0.25) is 13.1 Å². The predicted octanol–water partition coefficient (Wildman–Crippen LogP) is 1.01. The summed E-state index contributed by atoms with van der Waals surface area (Å²) in [5, 5.41) is 8.55. The smallest absolute Gasteiger partial charge is 0.285 e. The van der Waals surface area contributed by atoms with Gasteiger partial charge in [0.1, 0.15) is 0 Å². The Hall–Kier alpha value is 0.0249. The molecule has 0 aliphatic carbocycles. The molecule has 0 fully saturated rings. The van der Waals surface area contributed by atoms with Crippen molar-refractivity contribution in [3.05, 3.63) is 0 Å². The van der Waals surface area contributed by atoms with Crippen LogP contribution in [0.15, 0.2) is 0 Å². The van der Waals surface area contributed by atoms with Crippen molar-refractivity contribution in [1.82, 2.24) is 0 Å². The lowest BCUT2D eigenvalue weighted by molar-refractivity contribution is 0.574. The van der Waals surface area contributed by atoms with Gasteiger partial charge in [0.25, 0.3) is 6.92 Å². The average Bonchev–Trinajstić information content (AvgIpc) is 1.35. The Balaban J connectivity index is 2.63. The molecule has 0 radical (unpaired) electrons. The Morgan fingerprint density at radius 1 is 1.67 bits per heavy atom. The highest BCUT2D eigenvalue weighted by Crippen LogP contribution is 1.89. The monoisotopic (exact) mass is 86.1 g/mol. The molecule has 0 aromatic heterocycles. The molecule has 0 atom stereocenters. The maximum atomic E-state index is 8.55. The molecule has 36 valence electrons. The Morgan fingerprint density at radius 3 is 2.17 bits per heavy atom. The van der Waals surface area contributed by atoms with Gasteiger partial charge >= 0.3 is 0 Å². The van der Waals surface area contributed by atoms with Crippen LogP contribution in [0.3, 0.4) is 0 Å². The van der Waals surface area contributed by atoms with Crippen molar-refractivity contribution >= 4 is 6.92 Å². The lowest BCUT2D eigenvalue weighted by Crippen LogP contribution is -2.02. The number of rotatable bonds is 2. The van der Waals surface area contributed by atoms with Crippen LogP contribution in [-0.4, -0.2) is 11.9 Å². The van der Waals surface area contributed by atoms with Crippen molar-refractivity contribution in [3.63, 3.8) is 0 Å². The van der Waals surface area contributed by atoms with Gasteiger partial charge < -0.3 is 5.02 Å². The predicted molar refractivity (Wildman–Crippen MR) is 28.9 cm³/mol. The third-order valence-electron chi connectivity index (χ3n) is 0.706. The minimum atomic E-state index is -0.102. The van der Waals surface area contributed by atoms with Gasteiger partial charge in [0.15, 0.2) is 0 Å². The van der Waals surface area contributed by atoms with E-state index in [1.165, 1.54) is 0 Å². The summed E-state index contributed by atoms with van der Waals surface area (Å²) < 4.78 is 0. The summed E-state index contributed by atoms with van der Waals surface area (Å²) in [5.74, 6) is 0. The zero-order valence-corrected chi connectivity index (χ0v) is 4.44. The summed E-state index contributed by atoms with van der Waals surface area (Å²) in [7, 11) is 0. The summed E-state index contributed by atoms with van der Waals surface area (Å²) in [6.45, 7) is 3.77. The van der Waals surface area contributed by atoms with Crippen molar-refractivity contribution in [2.75, 3.05) is 0 Å². The summed E-state index contributed by atoms with van der Waals surface area (Å²) in [5.41, 5.74) is 0. The second-order valence-corrected chi connectivity index (χ2v) is 1.64. The van der Waals surface area contributed by atoms with Crippen molar-refractivity contribution in [2.24, 2.45) is 0 Å². The van der Waals surface area contributed by atoms with E-state index in [2.05, 4.69) is 6.92 Å². The molecule has 0 saturated heterocycles. The van der Waals surface area contributed by atoms with Crippen LogP contribution < -0.4 is 0 Å². The molecule has 2 heteroatoms. The zero-order chi connectivity index (χ0) is 4.99. The standard InChI is InChI=1S/C4H11BO/c1-3-4-5(2)6/h6H,3-4H2,1-2H3. The second-order valence-electron chi connectivity index (χ2n) is 1.64. The normalized spacial score (nSPS) is 8.50. The fourth-order valence-corrected chi connectivity index (χ4v) is 0.418. The van der Waals surface area contributed by atoms with Gasteiger partial charge in [-0.1, -0.05) is 20.2 Å². The first-order valence-corrected chi connectivity index (χ1v) is 2.45. The highest BCUT2D eigenvalue weighted by molar-refractivity contribution is 6.48. The average molecular weight is 85.9 g/mol. The number of hydrogen-bond donors (Lipinski definition) is 1. The third-order valence-corrected chi connectivity index (χ3v) is 0.706. The van der Waals surface area contributed by atoms with Crippen molar-refractivity contribution in [2.45, 2.75) is 26.5 Å². The first-order chi connectivity index (χ1) is 2.77. The van der Waals surface area contributed by atoms with Gasteiger partial charge in [-0.25, -0.2) is 0 Å².